The number of non-ortho nitro benzene ring substituents is 1. The number of aromatic hydroxyl groups is 1. The van der Waals surface area contributed by atoms with Crippen LogP contribution < -0.4 is 22.5 Å². The largest absolute Gasteiger partial charge is 0.505 e. The second-order valence-corrected chi connectivity index (χ2v) is 13.4. The number of phenols is 1. The van der Waals surface area contributed by atoms with Gasteiger partial charge >= 0.3 is 0 Å². The number of carbonyl (C=O) groups is 5. The number of amides is 1. The molecule has 3 aliphatic rings. The molecule has 48 heavy (non-hydrogen) atoms. The topological polar surface area (TPSA) is 279 Å². The monoisotopic (exact) mass is 672 g/mol. The number of hydrogen-bond acceptors (Lipinski definition) is 15. The first-order valence-electron chi connectivity index (χ1n) is 14.5. The fourth-order valence-corrected chi connectivity index (χ4v) is 8.38. The SMILES string of the molecule is CN(C)[C@@H]1C(=O)C(C(N)=O)C(=O)[C@@]2(C#N)C(=O)C3C(=O)c4c(ccc(Nc5nc(-c6cccc([N+](=O)[O-])c6)cs5)c4O)C[C@@]3(N)C[C@@]12N. The molecule has 3 aromatic rings. The minimum atomic E-state index is -2.84. The molecular weight excluding hydrogens is 644 g/mol. The van der Waals surface area contributed by atoms with Crippen LogP contribution in [-0.2, 0) is 25.6 Å². The molecule has 246 valence electrons. The maximum atomic E-state index is 14.5. The first-order valence-corrected chi connectivity index (χ1v) is 15.3. The number of nitrogens with two attached hydrogens (primary N) is 3. The summed E-state index contributed by atoms with van der Waals surface area (Å²) in [7, 11) is 2.85. The van der Waals surface area contributed by atoms with E-state index < -0.39 is 80.5 Å². The smallest absolute Gasteiger partial charge is 0.270 e. The summed E-state index contributed by atoms with van der Waals surface area (Å²) in [5.74, 6) is -10.6. The summed E-state index contributed by atoms with van der Waals surface area (Å²) < 4.78 is 0. The Morgan fingerprint density at radius 3 is 2.52 bits per heavy atom. The molecule has 8 N–H and O–H groups in total. The Balaban J connectivity index is 1.40. The van der Waals surface area contributed by atoms with Crippen molar-refractivity contribution in [3.05, 3.63) is 63.0 Å². The maximum Gasteiger partial charge on any atom is 0.270 e. The molecule has 1 heterocycles. The number of thiazole rings is 1. The number of ketones is 4. The number of nitrogens with one attached hydrogen (secondary N) is 1. The molecule has 0 aliphatic heterocycles. The van der Waals surface area contributed by atoms with Crippen LogP contribution in [0.1, 0.15) is 22.3 Å². The van der Waals surface area contributed by atoms with E-state index in [1.54, 1.807) is 17.5 Å². The highest BCUT2D eigenvalue weighted by Gasteiger charge is 2.78. The summed E-state index contributed by atoms with van der Waals surface area (Å²) in [6.07, 6.45) is -0.712. The lowest BCUT2D eigenvalue weighted by Crippen LogP contribution is -2.85. The van der Waals surface area contributed by atoms with Gasteiger partial charge in [0.2, 0.25) is 5.91 Å². The van der Waals surface area contributed by atoms with Crippen LogP contribution in [0.5, 0.6) is 5.75 Å². The lowest BCUT2D eigenvalue weighted by molar-refractivity contribution is -0.384. The van der Waals surface area contributed by atoms with Gasteiger partial charge in [-0.1, -0.05) is 18.2 Å². The van der Waals surface area contributed by atoms with E-state index >= 15 is 0 Å². The van der Waals surface area contributed by atoms with Crippen molar-refractivity contribution < 1.29 is 34.0 Å². The predicted molar refractivity (Wildman–Crippen MR) is 169 cm³/mol. The van der Waals surface area contributed by atoms with Crippen LogP contribution in [0.15, 0.2) is 41.8 Å². The van der Waals surface area contributed by atoms with E-state index in [4.69, 9.17) is 17.2 Å². The number of nitro groups is 1. The number of benzene rings is 2. The molecule has 1 amide bonds. The number of nitriles is 1. The first kappa shape index (κ1) is 32.5. The third-order valence-electron chi connectivity index (χ3n) is 9.56. The van der Waals surface area contributed by atoms with E-state index in [-0.39, 0.29) is 34.1 Å². The molecule has 6 atom stereocenters. The molecule has 0 bridgehead atoms. The van der Waals surface area contributed by atoms with E-state index in [0.717, 1.165) is 11.3 Å². The summed E-state index contributed by atoms with van der Waals surface area (Å²) in [5, 5.41) is 37.9. The van der Waals surface area contributed by atoms with Gasteiger partial charge in [0, 0.05) is 28.6 Å². The zero-order chi connectivity index (χ0) is 35.1. The number of aromatic nitrogens is 1. The number of anilines is 2. The van der Waals surface area contributed by atoms with E-state index in [9.17, 15) is 44.5 Å². The summed E-state index contributed by atoms with van der Waals surface area (Å²) in [6.45, 7) is 0. The summed E-state index contributed by atoms with van der Waals surface area (Å²) >= 11 is 1.12. The summed E-state index contributed by atoms with van der Waals surface area (Å²) in [4.78, 5) is 84.7. The number of nitro benzene ring substituents is 1. The van der Waals surface area contributed by atoms with Crippen molar-refractivity contribution in [2.75, 3.05) is 19.4 Å². The fourth-order valence-electron chi connectivity index (χ4n) is 7.65. The van der Waals surface area contributed by atoms with Gasteiger partial charge in [0.05, 0.1) is 39.5 Å². The van der Waals surface area contributed by atoms with Gasteiger partial charge < -0.3 is 27.6 Å². The van der Waals surface area contributed by atoms with Gasteiger partial charge in [0.1, 0.15) is 11.7 Å². The van der Waals surface area contributed by atoms with Crippen molar-refractivity contribution in [1.82, 2.24) is 9.88 Å². The van der Waals surface area contributed by atoms with Gasteiger partial charge in [-0.3, -0.25) is 39.0 Å². The number of fused-ring (bicyclic) bond motifs is 3. The Morgan fingerprint density at radius 1 is 1.19 bits per heavy atom. The summed E-state index contributed by atoms with van der Waals surface area (Å²) in [5.41, 5.74) is 12.9. The fraction of sp³-hybridized carbons (Fsp3) is 0.323. The molecule has 0 spiro atoms. The molecule has 6 rings (SSSR count). The second kappa shape index (κ2) is 10.8. The van der Waals surface area contributed by atoms with Crippen molar-refractivity contribution in [2.45, 2.75) is 30.0 Å². The standard InChI is InChI=1S/C31H28N8O8S/c1-38(2)24-23(42)19(27(33)45)25(43)30(12-32)26(44)20-22(41)18-14(9-29(20,34)11-31(24,30)35)6-7-16(21(18)40)36-28-37-17(10-48-28)13-4-3-5-15(8-13)39(46)47/h3-8,10,19-20,24,40H,9,11,34-35H2,1-2H3,(H2,33,45)(H,36,37)/t19?,20?,24-,29-,30+,31-/m1/s1. The zero-order valence-corrected chi connectivity index (χ0v) is 26.2. The van der Waals surface area contributed by atoms with E-state index in [1.165, 1.54) is 49.3 Å². The molecule has 0 radical (unpaired) electrons. The molecule has 1 aromatic heterocycles. The van der Waals surface area contributed by atoms with Gasteiger partial charge in [-0.2, -0.15) is 5.26 Å². The molecule has 2 aromatic carbocycles. The average Bonchev–Trinajstić information content (AvgIpc) is 3.46. The number of carbonyl (C=O) groups excluding carboxylic acids is 5. The Morgan fingerprint density at radius 2 is 1.90 bits per heavy atom. The number of nitrogens with zero attached hydrogens (tertiary/aromatic N) is 4. The molecule has 2 saturated carbocycles. The molecule has 16 nitrogen and oxygen atoms in total. The molecule has 17 heteroatoms. The number of hydrogen-bond donors (Lipinski definition) is 5. The van der Waals surface area contributed by atoms with Crippen LogP contribution in [0.4, 0.5) is 16.5 Å². The van der Waals surface area contributed by atoms with Gasteiger partial charge in [0.25, 0.3) is 5.69 Å². The molecule has 2 unspecified atom stereocenters. The minimum Gasteiger partial charge on any atom is -0.505 e. The summed E-state index contributed by atoms with van der Waals surface area (Å²) in [6, 6.07) is 9.02. The van der Waals surface area contributed by atoms with Crippen LogP contribution in [0.25, 0.3) is 11.3 Å². The highest BCUT2D eigenvalue weighted by molar-refractivity contribution is 7.14. The van der Waals surface area contributed by atoms with E-state index in [2.05, 4.69) is 10.3 Å². The number of phenolic OH excluding ortho intramolecular Hbond substituents is 1. The first-order chi connectivity index (χ1) is 22.5. The Hall–Kier alpha value is -5.41. The normalized spacial score (nSPS) is 29.5. The maximum absolute atomic E-state index is 14.5. The highest BCUT2D eigenvalue weighted by atomic mass is 32.1. The van der Waals surface area contributed by atoms with E-state index in [1.807, 2.05) is 0 Å². The quantitative estimate of drug-likeness (QED) is 0.104. The number of rotatable bonds is 6. The Kier molecular flexibility index (Phi) is 7.33. The highest BCUT2D eigenvalue weighted by Crippen LogP contribution is 2.56. The Labute approximate surface area is 275 Å². The van der Waals surface area contributed by atoms with Gasteiger partial charge in [-0.25, -0.2) is 4.98 Å². The second-order valence-electron chi connectivity index (χ2n) is 12.6. The van der Waals surface area contributed by atoms with Gasteiger partial charge in [-0.05, 0) is 38.6 Å². The Bertz CT molecular complexity index is 2040. The zero-order valence-electron chi connectivity index (χ0n) is 25.4. The van der Waals surface area contributed by atoms with Crippen molar-refractivity contribution >= 4 is 56.9 Å². The van der Waals surface area contributed by atoms with Crippen LogP contribution in [0.3, 0.4) is 0 Å². The number of Topliss-reactive ketones (excluding diaryl/α,β-unsaturated/α-hetero) is 4. The van der Waals surface area contributed by atoms with Crippen LogP contribution in [0.2, 0.25) is 0 Å². The van der Waals surface area contributed by atoms with Crippen molar-refractivity contribution in [3.63, 3.8) is 0 Å². The van der Waals surface area contributed by atoms with Crippen molar-refractivity contribution in [2.24, 2.45) is 34.5 Å². The molecule has 0 saturated heterocycles. The lowest BCUT2D eigenvalue weighted by atomic mass is 9.43. The van der Waals surface area contributed by atoms with E-state index in [0.29, 0.717) is 11.3 Å². The molecular formula is C31H28N8O8S. The average molecular weight is 673 g/mol. The number of likely N-dealkylation sites (N-methyl/N-ethyl adjacent to an activating group) is 1. The molecule has 3 aliphatic carbocycles. The van der Waals surface area contributed by atoms with Gasteiger partial charge in [-0.15, -0.1) is 11.3 Å². The van der Waals surface area contributed by atoms with Crippen LogP contribution in [0, 0.1) is 38.7 Å². The third-order valence-corrected chi connectivity index (χ3v) is 10.3. The van der Waals surface area contributed by atoms with Crippen LogP contribution in [-0.4, -0.2) is 80.2 Å². The van der Waals surface area contributed by atoms with Gasteiger partial charge in [0.15, 0.2) is 39.6 Å². The minimum absolute atomic E-state index is 0.0267. The predicted octanol–water partition coefficient (Wildman–Crippen LogP) is 0.584. The third kappa shape index (κ3) is 4.30. The van der Waals surface area contributed by atoms with Crippen molar-refractivity contribution in [1.29, 1.82) is 5.26 Å². The number of primary amides is 1. The lowest BCUT2D eigenvalue weighted by Gasteiger charge is -2.60. The van der Waals surface area contributed by atoms with Crippen molar-refractivity contribution in [3.8, 4) is 23.1 Å². The molecule has 2 fully saturated rings. The van der Waals surface area contributed by atoms with Crippen LogP contribution >= 0.6 is 11.3 Å².